The average molecular weight is 266 g/mol. The molecule has 1 N–H and O–H groups in total. The van der Waals surface area contributed by atoms with Gasteiger partial charge in [0.15, 0.2) is 0 Å². The fraction of sp³-hybridized carbons (Fsp3) is 0.625. The summed E-state index contributed by atoms with van der Waals surface area (Å²) in [6, 6.07) is 9.11. The van der Waals surface area contributed by atoms with Crippen molar-refractivity contribution in [3.8, 4) is 0 Å². The molecule has 1 fully saturated rings. The Bertz CT molecular complexity index is 390. The Morgan fingerprint density at radius 3 is 2.61 bits per heavy atom. The van der Waals surface area contributed by atoms with Crippen molar-refractivity contribution >= 4 is 11.6 Å². The maximum absolute atomic E-state index is 6.26. The minimum absolute atomic E-state index is 0.333. The van der Waals surface area contributed by atoms with E-state index in [4.69, 9.17) is 11.6 Å². The van der Waals surface area contributed by atoms with E-state index < -0.39 is 0 Å². The van der Waals surface area contributed by atoms with Gasteiger partial charge in [0.1, 0.15) is 0 Å². The Balaban J connectivity index is 1.99. The fourth-order valence-corrected chi connectivity index (χ4v) is 3.45. The topological polar surface area (TPSA) is 12.0 Å². The average Bonchev–Trinajstić information content (AvgIpc) is 2.33. The molecule has 0 radical (unpaired) electrons. The van der Waals surface area contributed by atoms with Gasteiger partial charge >= 0.3 is 0 Å². The molecule has 0 saturated heterocycles. The van der Waals surface area contributed by atoms with Crippen LogP contribution in [-0.4, -0.2) is 6.04 Å². The molecular formula is C16H24ClN. The maximum atomic E-state index is 6.26. The highest BCUT2D eigenvalue weighted by molar-refractivity contribution is 6.31. The molecule has 0 heterocycles. The molecule has 1 aliphatic carbocycles. The van der Waals surface area contributed by atoms with Gasteiger partial charge in [-0.05, 0) is 49.7 Å². The molecule has 2 rings (SSSR count). The standard InChI is InChI=1S/C16H24ClN/c1-11-8-9-16(12(2)10-11)18-13(3)14-6-4-5-7-15(14)17/h4-7,11-13,16,18H,8-10H2,1-3H3. The third-order valence-corrected chi connectivity index (χ3v) is 4.61. The summed E-state index contributed by atoms with van der Waals surface area (Å²) in [5.74, 6) is 1.65. The van der Waals surface area contributed by atoms with E-state index in [-0.39, 0.29) is 0 Å². The van der Waals surface area contributed by atoms with Crippen molar-refractivity contribution in [1.29, 1.82) is 0 Å². The van der Waals surface area contributed by atoms with Gasteiger partial charge in [-0.3, -0.25) is 0 Å². The lowest BCUT2D eigenvalue weighted by Gasteiger charge is -2.35. The van der Waals surface area contributed by atoms with E-state index in [1.54, 1.807) is 0 Å². The van der Waals surface area contributed by atoms with Crippen LogP contribution in [0.15, 0.2) is 24.3 Å². The van der Waals surface area contributed by atoms with E-state index in [0.29, 0.717) is 12.1 Å². The molecule has 1 aromatic carbocycles. The summed E-state index contributed by atoms with van der Waals surface area (Å²) in [7, 11) is 0. The van der Waals surface area contributed by atoms with Gasteiger partial charge in [0, 0.05) is 17.1 Å². The van der Waals surface area contributed by atoms with Crippen molar-refractivity contribution in [2.75, 3.05) is 0 Å². The molecule has 0 amide bonds. The number of benzene rings is 1. The first-order chi connectivity index (χ1) is 8.58. The zero-order chi connectivity index (χ0) is 13.1. The Morgan fingerprint density at radius 2 is 1.94 bits per heavy atom. The molecule has 1 aliphatic rings. The monoisotopic (exact) mass is 265 g/mol. The van der Waals surface area contributed by atoms with Gasteiger partial charge in [-0.25, -0.2) is 0 Å². The van der Waals surface area contributed by atoms with Gasteiger partial charge in [0.2, 0.25) is 0 Å². The van der Waals surface area contributed by atoms with Crippen LogP contribution in [-0.2, 0) is 0 Å². The SMILES string of the molecule is CC1CCC(NC(C)c2ccccc2Cl)C(C)C1. The molecule has 18 heavy (non-hydrogen) atoms. The summed E-state index contributed by atoms with van der Waals surface area (Å²) >= 11 is 6.26. The number of halogens is 1. The molecule has 0 bridgehead atoms. The Labute approximate surface area is 116 Å². The van der Waals surface area contributed by atoms with Gasteiger partial charge in [-0.15, -0.1) is 0 Å². The maximum Gasteiger partial charge on any atom is 0.0453 e. The quantitative estimate of drug-likeness (QED) is 0.827. The summed E-state index contributed by atoms with van der Waals surface area (Å²) in [6.45, 7) is 6.95. The van der Waals surface area contributed by atoms with Gasteiger partial charge in [-0.1, -0.05) is 43.6 Å². The molecule has 2 heteroatoms. The van der Waals surface area contributed by atoms with Gasteiger partial charge in [0.25, 0.3) is 0 Å². The molecule has 100 valence electrons. The van der Waals surface area contributed by atoms with Gasteiger partial charge in [-0.2, -0.15) is 0 Å². The predicted octanol–water partition coefficient (Wildman–Crippen LogP) is 4.82. The lowest BCUT2D eigenvalue weighted by molar-refractivity contribution is 0.216. The van der Waals surface area contributed by atoms with Crippen LogP contribution in [0.1, 0.15) is 51.6 Å². The number of rotatable bonds is 3. The minimum atomic E-state index is 0.333. The lowest BCUT2D eigenvalue weighted by Crippen LogP contribution is -2.40. The van der Waals surface area contributed by atoms with Crippen LogP contribution in [0.25, 0.3) is 0 Å². The molecule has 1 saturated carbocycles. The van der Waals surface area contributed by atoms with Gasteiger partial charge in [0.05, 0.1) is 0 Å². The summed E-state index contributed by atoms with van der Waals surface area (Å²) in [4.78, 5) is 0. The first-order valence-electron chi connectivity index (χ1n) is 7.08. The van der Waals surface area contributed by atoms with Crippen LogP contribution < -0.4 is 5.32 Å². The second kappa shape index (κ2) is 6.08. The zero-order valence-corrected chi connectivity index (χ0v) is 12.4. The Kier molecular flexibility index (Phi) is 4.69. The number of hydrogen-bond donors (Lipinski definition) is 1. The fourth-order valence-electron chi connectivity index (χ4n) is 3.15. The van der Waals surface area contributed by atoms with Crippen LogP contribution in [0.5, 0.6) is 0 Å². The largest absolute Gasteiger partial charge is 0.307 e. The summed E-state index contributed by atoms with van der Waals surface area (Å²) in [5, 5.41) is 4.63. The summed E-state index contributed by atoms with van der Waals surface area (Å²) < 4.78 is 0. The highest BCUT2D eigenvalue weighted by Crippen LogP contribution is 2.31. The van der Waals surface area contributed by atoms with Crippen molar-refractivity contribution in [1.82, 2.24) is 5.32 Å². The second-order valence-corrected chi connectivity index (χ2v) is 6.32. The predicted molar refractivity (Wildman–Crippen MR) is 79.0 cm³/mol. The van der Waals surface area contributed by atoms with E-state index in [9.17, 15) is 0 Å². The summed E-state index contributed by atoms with van der Waals surface area (Å²) in [5.41, 5.74) is 1.21. The van der Waals surface area contributed by atoms with Gasteiger partial charge < -0.3 is 5.32 Å². The number of nitrogens with one attached hydrogen (secondary N) is 1. The van der Waals surface area contributed by atoms with Crippen LogP contribution in [0, 0.1) is 11.8 Å². The van der Waals surface area contributed by atoms with E-state index in [1.807, 2.05) is 12.1 Å². The second-order valence-electron chi connectivity index (χ2n) is 5.91. The Morgan fingerprint density at radius 1 is 1.22 bits per heavy atom. The van der Waals surface area contributed by atoms with Crippen molar-refractivity contribution in [3.63, 3.8) is 0 Å². The van der Waals surface area contributed by atoms with Crippen LogP contribution >= 0.6 is 11.6 Å². The third-order valence-electron chi connectivity index (χ3n) is 4.27. The normalized spacial score (nSPS) is 30.1. The van der Waals surface area contributed by atoms with Crippen LogP contribution in [0.2, 0.25) is 5.02 Å². The minimum Gasteiger partial charge on any atom is -0.307 e. The number of hydrogen-bond acceptors (Lipinski definition) is 1. The van der Waals surface area contributed by atoms with Crippen molar-refractivity contribution in [3.05, 3.63) is 34.9 Å². The third kappa shape index (κ3) is 3.27. The van der Waals surface area contributed by atoms with Crippen LogP contribution in [0.3, 0.4) is 0 Å². The Hall–Kier alpha value is -0.530. The molecular weight excluding hydrogens is 242 g/mol. The molecule has 0 aliphatic heterocycles. The van der Waals surface area contributed by atoms with Crippen molar-refractivity contribution in [2.45, 2.75) is 52.1 Å². The molecule has 0 aromatic heterocycles. The smallest absolute Gasteiger partial charge is 0.0453 e. The zero-order valence-electron chi connectivity index (χ0n) is 11.6. The molecule has 1 aromatic rings. The van der Waals surface area contributed by atoms with Crippen molar-refractivity contribution < 1.29 is 0 Å². The molecule has 4 unspecified atom stereocenters. The molecule has 0 spiro atoms. The van der Waals surface area contributed by atoms with E-state index in [2.05, 4.69) is 38.2 Å². The first-order valence-corrected chi connectivity index (χ1v) is 7.46. The lowest BCUT2D eigenvalue weighted by atomic mass is 9.79. The first kappa shape index (κ1) is 13.9. The molecule has 1 nitrogen and oxygen atoms in total. The highest BCUT2D eigenvalue weighted by Gasteiger charge is 2.26. The summed E-state index contributed by atoms with van der Waals surface area (Å²) in [6.07, 6.45) is 3.97. The molecule has 4 atom stereocenters. The van der Waals surface area contributed by atoms with Crippen molar-refractivity contribution in [2.24, 2.45) is 11.8 Å². The van der Waals surface area contributed by atoms with E-state index >= 15 is 0 Å². The highest BCUT2D eigenvalue weighted by atomic mass is 35.5. The van der Waals surface area contributed by atoms with E-state index in [0.717, 1.165) is 16.9 Å². The van der Waals surface area contributed by atoms with Crippen LogP contribution in [0.4, 0.5) is 0 Å². The van der Waals surface area contributed by atoms with E-state index in [1.165, 1.54) is 24.8 Å².